The van der Waals surface area contributed by atoms with E-state index >= 15 is 0 Å². The zero-order valence-corrected chi connectivity index (χ0v) is 9.77. The Morgan fingerprint density at radius 3 is 2.80 bits per heavy atom. The van der Waals surface area contributed by atoms with Crippen LogP contribution in [0.3, 0.4) is 0 Å². The van der Waals surface area contributed by atoms with Crippen LogP contribution >= 0.6 is 15.9 Å². The number of benzene rings is 1. The normalized spacial score (nSPS) is 10.0. The predicted octanol–water partition coefficient (Wildman–Crippen LogP) is 1.94. The number of nitrogens with two attached hydrogens (primary N) is 1. The van der Waals surface area contributed by atoms with Gasteiger partial charge in [-0.05, 0) is 17.2 Å². The van der Waals surface area contributed by atoms with Crippen molar-refractivity contribution in [2.45, 2.75) is 13.0 Å². The molecule has 3 nitrogen and oxygen atoms in total. The molecular formula is C10H13BrFN3. The lowest BCUT2D eigenvalue weighted by Gasteiger charge is -2.07. The van der Waals surface area contributed by atoms with Gasteiger partial charge in [-0.3, -0.25) is 9.80 Å². The number of guanidine groups is 1. The van der Waals surface area contributed by atoms with Gasteiger partial charge < -0.3 is 11.1 Å². The molecule has 15 heavy (non-hydrogen) atoms. The molecule has 1 aromatic carbocycles. The largest absolute Gasteiger partial charge is 0.370 e. The van der Waals surface area contributed by atoms with Gasteiger partial charge in [0.25, 0.3) is 0 Å². The number of rotatable bonds is 4. The van der Waals surface area contributed by atoms with Crippen molar-refractivity contribution in [1.82, 2.24) is 5.32 Å². The summed E-state index contributed by atoms with van der Waals surface area (Å²) in [6, 6.07) is 5.67. The maximum Gasteiger partial charge on any atom is 0.185 e. The molecule has 0 atom stereocenters. The van der Waals surface area contributed by atoms with Crippen LogP contribution in [0.2, 0.25) is 0 Å². The number of nitrogens with one attached hydrogen (secondary N) is 2. The van der Waals surface area contributed by atoms with E-state index in [-0.39, 0.29) is 12.6 Å². The molecule has 1 rings (SSSR count). The number of hydrogen-bond donors (Lipinski definition) is 3. The fourth-order valence-electron chi connectivity index (χ4n) is 1.20. The van der Waals surface area contributed by atoms with Crippen LogP contribution in [0.25, 0.3) is 0 Å². The average molecular weight is 273 g/mol. The maximum absolute atomic E-state index is 12.1. The Hall–Kier alpha value is -1.10. The lowest BCUT2D eigenvalue weighted by Crippen LogP contribution is -2.29. The highest BCUT2D eigenvalue weighted by atomic mass is 79.9. The van der Waals surface area contributed by atoms with Crippen LogP contribution < -0.4 is 11.1 Å². The summed E-state index contributed by atoms with van der Waals surface area (Å²) in [6.45, 7) is 0.146. The third-order valence-electron chi connectivity index (χ3n) is 1.96. The summed E-state index contributed by atoms with van der Waals surface area (Å²) in [7, 11) is 0. The molecular weight excluding hydrogens is 260 g/mol. The Morgan fingerprint density at radius 1 is 1.53 bits per heavy atom. The highest BCUT2D eigenvalue weighted by Gasteiger charge is 2.01. The second-order valence-corrected chi connectivity index (χ2v) is 3.99. The molecule has 0 aliphatic carbocycles. The molecule has 0 heterocycles. The van der Waals surface area contributed by atoms with Gasteiger partial charge in [-0.2, -0.15) is 0 Å². The van der Waals surface area contributed by atoms with Crippen LogP contribution in [0.5, 0.6) is 0 Å². The van der Waals surface area contributed by atoms with Crippen molar-refractivity contribution in [3.05, 3.63) is 33.8 Å². The molecule has 0 radical (unpaired) electrons. The highest BCUT2D eigenvalue weighted by molar-refractivity contribution is 9.10. The predicted molar refractivity (Wildman–Crippen MR) is 62.6 cm³/mol. The van der Waals surface area contributed by atoms with Gasteiger partial charge in [-0.15, -0.1) is 0 Å². The Balaban J connectivity index is 2.68. The Labute approximate surface area is 96.5 Å². The van der Waals surface area contributed by atoms with E-state index in [9.17, 15) is 4.39 Å². The number of aryl methyl sites for hydroxylation is 1. The molecule has 0 aliphatic heterocycles. The van der Waals surface area contributed by atoms with Crippen molar-refractivity contribution in [3.8, 4) is 0 Å². The van der Waals surface area contributed by atoms with Crippen molar-refractivity contribution >= 4 is 21.9 Å². The van der Waals surface area contributed by atoms with E-state index in [0.717, 1.165) is 15.6 Å². The van der Waals surface area contributed by atoms with Crippen LogP contribution in [0, 0.1) is 5.41 Å². The van der Waals surface area contributed by atoms with E-state index in [0.29, 0.717) is 13.0 Å². The molecule has 0 aliphatic rings. The van der Waals surface area contributed by atoms with E-state index in [4.69, 9.17) is 11.1 Å². The van der Waals surface area contributed by atoms with Gasteiger partial charge in [-0.1, -0.05) is 28.1 Å². The zero-order chi connectivity index (χ0) is 11.3. The minimum absolute atomic E-state index is 0.0565. The van der Waals surface area contributed by atoms with Crippen LogP contribution in [0.15, 0.2) is 22.7 Å². The lowest BCUT2D eigenvalue weighted by molar-refractivity contribution is 0.495. The summed E-state index contributed by atoms with van der Waals surface area (Å²) in [5, 5.41) is 9.72. The van der Waals surface area contributed by atoms with Crippen molar-refractivity contribution in [1.29, 1.82) is 5.41 Å². The summed E-state index contributed by atoms with van der Waals surface area (Å²) < 4.78 is 13.0. The monoisotopic (exact) mass is 272 g/mol. The fraction of sp³-hybridized carbons (Fsp3) is 0.300. The summed E-state index contributed by atoms with van der Waals surface area (Å²) in [6.07, 6.45) is 0.418. The van der Waals surface area contributed by atoms with Crippen LogP contribution in [-0.2, 0) is 13.0 Å². The molecule has 0 spiro atoms. The maximum atomic E-state index is 12.1. The number of halogens is 2. The first kappa shape index (κ1) is 12.0. The van der Waals surface area contributed by atoms with E-state index in [2.05, 4.69) is 21.2 Å². The summed E-state index contributed by atoms with van der Waals surface area (Å²) in [5.41, 5.74) is 7.11. The first-order valence-electron chi connectivity index (χ1n) is 4.54. The molecule has 0 bridgehead atoms. The summed E-state index contributed by atoms with van der Waals surface area (Å²) in [4.78, 5) is 0. The van der Waals surface area contributed by atoms with E-state index in [1.54, 1.807) is 0 Å². The standard InChI is InChI=1S/C10H13BrFN3/c11-9-5-7(6-15-10(13)14)1-2-8(9)3-4-12/h1-2,5H,3-4,6H2,(H4,13,14,15)/i12-1. The second-order valence-electron chi connectivity index (χ2n) is 3.13. The van der Waals surface area contributed by atoms with Crippen molar-refractivity contribution in [2.75, 3.05) is 6.67 Å². The van der Waals surface area contributed by atoms with Crippen LogP contribution in [0.4, 0.5) is 4.39 Å². The van der Waals surface area contributed by atoms with Crippen LogP contribution in [-0.4, -0.2) is 12.6 Å². The lowest BCUT2D eigenvalue weighted by atomic mass is 10.1. The first-order chi connectivity index (χ1) is 7.13. The minimum Gasteiger partial charge on any atom is -0.370 e. The van der Waals surface area contributed by atoms with E-state index < -0.39 is 0 Å². The molecule has 0 amide bonds. The van der Waals surface area contributed by atoms with Gasteiger partial charge in [0.2, 0.25) is 0 Å². The van der Waals surface area contributed by atoms with Crippen molar-refractivity contribution in [3.63, 3.8) is 0 Å². The van der Waals surface area contributed by atoms with Gasteiger partial charge in [0.05, 0.1) is 6.67 Å². The smallest absolute Gasteiger partial charge is 0.185 e. The molecule has 0 aromatic heterocycles. The van der Waals surface area contributed by atoms with Crippen molar-refractivity contribution < 1.29 is 4.39 Å². The SMILES string of the molecule is N=C(N)NCc1ccc(CC[18F])c(Br)c1. The molecule has 82 valence electrons. The molecule has 0 fully saturated rings. The third kappa shape index (κ3) is 3.87. The molecule has 0 saturated heterocycles. The van der Waals surface area contributed by atoms with Gasteiger partial charge in [0, 0.05) is 17.4 Å². The van der Waals surface area contributed by atoms with Gasteiger partial charge in [-0.25, -0.2) is 0 Å². The molecule has 5 heteroatoms. The molecule has 4 N–H and O–H groups in total. The van der Waals surface area contributed by atoms with E-state index in [1.807, 2.05) is 18.2 Å². The fourth-order valence-corrected chi connectivity index (χ4v) is 1.83. The molecule has 0 saturated carbocycles. The first-order valence-corrected chi connectivity index (χ1v) is 5.34. The number of alkyl halides is 1. The van der Waals surface area contributed by atoms with E-state index in [1.165, 1.54) is 0 Å². The van der Waals surface area contributed by atoms with Crippen LogP contribution in [0.1, 0.15) is 11.1 Å². The van der Waals surface area contributed by atoms with Gasteiger partial charge >= 0.3 is 0 Å². The van der Waals surface area contributed by atoms with Gasteiger partial charge in [0.1, 0.15) is 0 Å². The third-order valence-corrected chi connectivity index (χ3v) is 2.70. The quantitative estimate of drug-likeness (QED) is 0.580. The topological polar surface area (TPSA) is 61.9 Å². The average Bonchev–Trinajstić information content (AvgIpc) is 2.19. The Bertz CT molecular complexity index is 355. The number of hydrogen-bond acceptors (Lipinski definition) is 1. The Kier molecular flexibility index (Phi) is 4.55. The highest BCUT2D eigenvalue weighted by Crippen LogP contribution is 2.19. The Morgan fingerprint density at radius 2 is 2.27 bits per heavy atom. The zero-order valence-electron chi connectivity index (χ0n) is 8.19. The molecule has 1 aromatic rings. The molecule has 0 unspecified atom stereocenters. The summed E-state index contributed by atoms with van der Waals surface area (Å²) >= 11 is 3.38. The van der Waals surface area contributed by atoms with Gasteiger partial charge in [0.15, 0.2) is 5.96 Å². The summed E-state index contributed by atoms with van der Waals surface area (Å²) in [5.74, 6) is -0.0565. The second kappa shape index (κ2) is 5.70. The van der Waals surface area contributed by atoms with Crippen molar-refractivity contribution in [2.24, 2.45) is 5.73 Å². The minimum atomic E-state index is -0.357.